The van der Waals surface area contributed by atoms with E-state index in [4.69, 9.17) is 0 Å². The molecule has 0 bridgehead atoms. The highest BCUT2D eigenvalue weighted by molar-refractivity contribution is 5.11. The summed E-state index contributed by atoms with van der Waals surface area (Å²) in [5.41, 5.74) is 2.81. The summed E-state index contributed by atoms with van der Waals surface area (Å²) in [6, 6.07) is 0. The van der Waals surface area contributed by atoms with Crippen LogP contribution in [0, 0.1) is 5.41 Å². The van der Waals surface area contributed by atoms with Crippen molar-refractivity contribution in [3.8, 4) is 0 Å². The summed E-state index contributed by atoms with van der Waals surface area (Å²) in [5.74, 6) is 0. The van der Waals surface area contributed by atoms with Crippen molar-refractivity contribution in [2.75, 3.05) is 0 Å². The zero-order valence-electron chi connectivity index (χ0n) is 11.4. The molecule has 0 saturated heterocycles. The molecule has 0 aliphatic rings. The van der Waals surface area contributed by atoms with Gasteiger partial charge < -0.3 is 0 Å². The summed E-state index contributed by atoms with van der Waals surface area (Å²) in [6.07, 6.45) is 4.43. The summed E-state index contributed by atoms with van der Waals surface area (Å²) < 4.78 is 2.10. The highest BCUT2D eigenvalue weighted by Gasteiger charge is 2.18. The van der Waals surface area contributed by atoms with Crippen molar-refractivity contribution in [3.63, 3.8) is 0 Å². The molecule has 0 N–H and O–H groups in total. The average Bonchev–Trinajstić information content (AvgIpc) is 2.55. The molecule has 0 unspecified atom stereocenters. The molecule has 0 spiro atoms. The van der Waals surface area contributed by atoms with Crippen molar-refractivity contribution in [2.45, 2.75) is 66.8 Å². The van der Waals surface area contributed by atoms with Crippen molar-refractivity contribution in [2.24, 2.45) is 5.41 Å². The van der Waals surface area contributed by atoms with Gasteiger partial charge in [0.2, 0.25) is 0 Å². The molecule has 0 aliphatic heterocycles. The number of aromatic nitrogens is 3. The fraction of sp³-hybridized carbons (Fsp3) is 0.846. The van der Waals surface area contributed by atoms with Crippen LogP contribution in [0.25, 0.3) is 0 Å². The van der Waals surface area contributed by atoms with Crippen molar-refractivity contribution in [1.82, 2.24) is 15.0 Å². The van der Waals surface area contributed by atoms with E-state index in [9.17, 15) is 0 Å². The second-order valence-electron chi connectivity index (χ2n) is 5.65. The minimum Gasteiger partial charge on any atom is -0.249 e. The molecule has 16 heavy (non-hydrogen) atoms. The average molecular weight is 223 g/mol. The summed E-state index contributed by atoms with van der Waals surface area (Å²) in [6.45, 7) is 12.2. The topological polar surface area (TPSA) is 30.7 Å². The fourth-order valence-corrected chi connectivity index (χ4v) is 1.83. The van der Waals surface area contributed by atoms with Gasteiger partial charge in [-0.15, -0.1) is 5.10 Å². The Balaban J connectivity index is 2.87. The first kappa shape index (κ1) is 13.2. The van der Waals surface area contributed by atoms with E-state index < -0.39 is 0 Å². The third kappa shape index (κ3) is 3.62. The Morgan fingerprint density at radius 2 is 1.88 bits per heavy atom. The SMILES string of the molecule is CCCCn1nnc(CC)c1CC(C)(C)C. The summed E-state index contributed by atoms with van der Waals surface area (Å²) >= 11 is 0. The molecule has 0 fully saturated rings. The van der Waals surface area contributed by atoms with E-state index >= 15 is 0 Å². The largest absolute Gasteiger partial charge is 0.249 e. The summed E-state index contributed by atoms with van der Waals surface area (Å²) in [5, 5.41) is 8.56. The van der Waals surface area contributed by atoms with Gasteiger partial charge in [0.25, 0.3) is 0 Å². The molecule has 0 amide bonds. The molecule has 0 aliphatic carbocycles. The van der Waals surface area contributed by atoms with Crippen LogP contribution in [0.3, 0.4) is 0 Å². The molecule has 0 aromatic carbocycles. The van der Waals surface area contributed by atoms with E-state index in [1.54, 1.807) is 0 Å². The summed E-state index contributed by atoms with van der Waals surface area (Å²) in [4.78, 5) is 0. The van der Waals surface area contributed by atoms with Crippen LogP contribution in [-0.4, -0.2) is 15.0 Å². The van der Waals surface area contributed by atoms with Gasteiger partial charge in [-0.25, -0.2) is 4.68 Å². The van der Waals surface area contributed by atoms with Crippen molar-refractivity contribution in [3.05, 3.63) is 11.4 Å². The van der Waals surface area contributed by atoms with Crippen molar-refractivity contribution in [1.29, 1.82) is 0 Å². The molecule has 1 rings (SSSR count). The number of hydrogen-bond acceptors (Lipinski definition) is 2. The third-order valence-electron chi connectivity index (χ3n) is 2.67. The van der Waals surface area contributed by atoms with Gasteiger partial charge in [-0.2, -0.15) is 0 Å². The van der Waals surface area contributed by atoms with E-state index in [0.717, 1.165) is 19.4 Å². The standard InChI is InChI=1S/C13H25N3/c1-6-8-9-16-12(10-13(3,4)5)11(7-2)14-15-16/h6-10H2,1-5H3. The lowest BCUT2D eigenvalue weighted by atomic mass is 9.89. The molecule has 0 atom stereocenters. The van der Waals surface area contributed by atoms with Gasteiger partial charge in [-0.1, -0.05) is 46.3 Å². The van der Waals surface area contributed by atoms with Crippen molar-refractivity contribution >= 4 is 0 Å². The van der Waals surface area contributed by atoms with Gasteiger partial charge in [0, 0.05) is 6.54 Å². The molecule has 0 saturated carbocycles. The van der Waals surface area contributed by atoms with Crippen LogP contribution < -0.4 is 0 Å². The third-order valence-corrected chi connectivity index (χ3v) is 2.67. The van der Waals surface area contributed by atoms with Crippen LogP contribution in [0.1, 0.15) is 58.8 Å². The lowest BCUT2D eigenvalue weighted by Gasteiger charge is -2.19. The number of unbranched alkanes of at least 4 members (excludes halogenated alkanes) is 1. The minimum absolute atomic E-state index is 0.301. The maximum Gasteiger partial charge on any atom is 0.0856 e. The van der Waals surface area contributed by atoms with Gasteiger partial charge in [-0.3, -0.25) is 0 Å². The van der Waals surface area contributed by atoms with Crippen molar-refractivity contribution < 1.29 is 0 Å². The van der Waals surface area contributed by atoms with Crippen LogP contribution in [0.4, 0.5) is 0 Å². The monoisotopic (exact) mass is 223 g/mol. The highest BCUT2D eigenvalue weighted by Crippen LogP contribution is 2.22. The van der Waals surface area contributed by atoms with Gasteiger partial charge in [0.05, 0.1) is 11.4 Å². The predicted octanol–water partition coefficient (Wildman–Crippen LogP) is 3.23. The smallest absolute Gasteiger partial charge is 0.0856 e. The predicted molar refractivity (Wildman–Crippen MR) is 67.5 cm³/mol. The fourth-order valence-electron chi connectivity index (χ4n) is 1.83. The number of nitrogens with zero attached hydrogens (tertiary/aromatic N) is 3. The Hall–Kier alpha value is -0.860. The number of hydrogen-bond donors (Lipinski definition) is 0. The molecule has 1 aromatic heterocycles. The maximum absolute atomic E-state index is 4.28. The van der Waals surface area contributed by atoms with Crippen LogP contribution in [0.5, 0.6) is 0 Å². The van der Waals surface area contributed by atoms with E-state index in [1.165, 1.54) is 24.2 Å². The quantitative estimate of drug-likeness (QED) is 0.767. The van der Waals surface area contributed by atoms with E-state index in [1.807, 2.05) is 0 Å². The highest BCUT2D eigenvalue weighted by atomic mass is 15.4. The van der Waals surface area contributed by atoms with Crippen LogP contribution >= 0.6 is 0 Å². The second-order valence-corrected chi connectivity index (χ2v) is 5.65. The second kappa shape index (κ2) is 5.46. The zero-order chi connectivity index (χ0) is 12.2. The number of aryl methyl sites for hydroxylation is 2. The molecule has 1 aromatic rings. The van der Waals surface area contributed by atoms with Gasteiger partial charge in [0.15, 0.2) is 0 Å². The molecule has 0 radical (unpaired) electrons. The normalized spacial score (nSPS) is 12.1. The first-order chi connectivity index (χ1) is 7.48. The van der Waals surface area contributed by atoms with Crippen LogP contribution in [0.2, 0.25) is 0 Å². The van der Waals surface area contributed by atoms with Crippen LogP contribution in [-0.2, 0) is 19.4 Å². The Morgan fingerprint density at radius 3 is 2.38 bits per heavy atom. The van der Waals surface area contributed by atoms with Crippen LogP contribution in [0.15, 0.2) is 0 Å². The zero-order valence-corrected chi connectivity index (χ0v) is 11.4. The lowest BCUT2D eigenvalue weighted by molar-refractivity contribution is 0.388. The molecular weight excluding hydrogens is 198 g/mol. The van der Waals surface area contributed by atoms with Gasteiger partial charge >= 0.3 is 0 Å². The Labute approximate surface area is 99.2 Å². The Bertz CT molecular complexity index is 320. The maximum atomic E-state index is 4.28. The minimum atomic E-state index is 0.301. The molecule has 92 valence electrons. The van der Waals surface area contributed by atoms with E-state index in [2.05, 4.69) is 49.6 Å². The number of rotatable bonds is 5. The molecule has 1 heterocycles. The Morgan fingerprint density at radius 1 is 1.19 bits per heavy atom. The summed E-state index contributed by atoms with van der Waals surface area (Å²) in [7, 11) is 0. The van der Waals surface area contributed by atoms with E-state index in [-0.39, 0.29) is 0 Å². The Kier molecular flexibility index (Phi) is 4.51. The van der Waals surface area contributed by atoms with E-state index in [0.29, 0.717) is 5.41 Å². The first-order valence-corrected chi connectivity index (χ1v) is 6.39. The van der Waals surface area contributed by atoms with Gasteiger partial charge in [-0.05, 0) is 24.7 Å². The molecule has 3 nitrogen and oxygen atoms in total. The molecule has 3 heteroatoms. The lowest BCUT2D eigenvalue weighted by Crippen LogP contribution is -2.15. The van der Waals surface area contributed by atoms with Gasteiger partial charge in [0.1, 0.15) is 0 Å². The molecular formula is C13H25N3. The first-order valence-electron chi connectivity index (χ1n) is 6.39.